The van der Waals surface area contributed by atoms with E-state index in [0.717, 1.165) is 0 Å². The summed E-state index contributed by atoms with van der Waals surface area (Å²) in [5.74, 6) is -2.11. The number of carbonyl (C=O) groups is 3. The van der Waals surface area contributed by atoms with E-state index in [-0.39, 0.29) is 18.8 Å². The fourth-order valence-electron chi connectivity index (χ4n) is 1.59. The molecule has 0 spiro atoms. The topological polar surface area (TPSA) is 81.7 Å². The Morgan fingerprint density at radius 3 is 2.27 bits per heavy atom. The fraction of sp³-hybridized carbons (Fsp3) is 0.312. The van der Waals surface area contributed by atoms with Crippen molar-refractivity contribution in [3.63, 3.8) is 0 Å². The van der Waals surface area contributed by atoms with E-state index in [1.165, 1.54) is 6.20 Å². The van der Waals surface area contributed by atoms with E-state index in [1.807, 2.05) is 6.07 Å². The van der Waals surface area contributed by atoms with E-state index in [0.29, 0.717) is 5.69 Å². The lowest BCUT2D eigenvalue weighted by atomic mass is 10.1. The number of Topliss-reactive ketones (excluding diaryl/α,β-unsaturated/α-hetero) is 1. The lowest BCUT2D eigenvalue weighted by Gasteiger charge is -2.07. The van der Waals surface area contributed by atoms with Gasteiger partial charge < -0.3 is 14.8 Å². The van der Waals surface area contributed by atoms with E-state index < -0.39 is 24.1 Å². The van der Waals surface area contributed by atoms with Gasteiger partial charge in [0, 0.05) is 11.9 Å². The molecule has 0 bridgehead atoms. The smallest absolute Gasteiger partial charge is 0.343 e. The first kappa shape index (κ1) is 17.4. The van der Waals surface area contributed by atoms with Gasteiger partial charge in [-0.2, -0.15) is 0 Å². The van der Waals surface area contributed by atoms with Crippen molar-refractivity contribution < 1.29 is 23.9 Å². The minimum atomic E-state index is -0.778. The molecule has 0 aliphatic rings. The van der Waals surface area contributed by atoms with Gasteiger partial charge in [0.2, 0.25) is 0 Å². The van der Waals surface area contributed by atoms with E-state index in [1.54, 1.807) is 38.1 Å². The Labute approximate surface area is 129 Å². The standard InChI is InChI=1S/C16H19NO5/c1-3-21-15(19)10-14(18)13(16(20)22-4-2)11-17-12-8-6-5-7-9-12/h5-9,11,17H,3-4,10H2,1-2H3/b13-11+. The Hall–Kier alpha value is -2.63. The zero-order chi connectivity index (χ0) is 16.4. The molecule has 22 heavy (non-hydrogen) atoms. The van der Waals surface area contributed by atoms with Crippen LogP contribution in [0.4, 0.5) is 5.69 Å². The van der Waals surface area contributed by atoms with Crippen molar-refractivity contribution in [2.24, 2.45) is 0 Å². The van der Waals surface area contributed by atoms with Crippen LogP contribution >= 0.6 is 0 Å². The number of ether oxygens (including phenoxy) is 2. The van der Waals surface area contributed by atoms with Gasteiger partial charge in [-0.05, 0) is 26.0 Å². The maximum atomic E-state index is 12.1. The quantitative estimate of drug-likeness (QED) is 0.343. The maximum absolute atomic E-state index is 12.1. The normalized spacial score (nSPS) is 10.7. The molecule has 6 heteroatoms. The minimum absolute atomic E-state index is 0.133. The average Bonchev–Trinajstić information content (AvgIpc) is 2.49. The van der Waals surface area contributed by atoms with E-state index in [9.17, 15) is 14.4 Å². The predicted molar refractivity (Wildman–Crippen MR) is 81.0 cm³/mol. The molecule has 0 unspecified atom stereocenters. The first-order chi connectivity index (χ1) is 10.6. The van der Waals surface area contributed by atoms with Gasteiger partial charge in [0.1, 0.15) is 12.0 Å². The number of carbonyl (C=O) groups excluding carboxylic acids is 3. The van der Waals surface area contributed by atoms with Gasteiger partial charge in [-0.15, -0.1) is 0 Å². The largest absolute Gasteiger partial charge is 0.466 e. The summed E-state index contributed by atoms with van der Waals surface area (Å²) in [6, 6.07) is 9.00. The highest BCUT2D eigenvalue weighted by Gasteiger charge is 2.22. The molecule has 0 aliphatic carbocycles. The van der Waals surface area contributed by atoms with Crippen LogP contribution in [-0.4, -0.2) is 30.9 Å². The number of para-hydroxylation sites is 1. The Kier molecular flexibility index (Phi) is 7.39. The van der Waals surface area contributed by atoms with Crippen LogP contribution in [0.3, 0.4) is 0 Å². The van der Waals surface area contributed by atoms with Crippen molar-refractivity contribution in [2.45, 2.75) is 20.3 Å². The van der Waals surface area contributed by atoms with Crippen molar-refractivity contribution in [2.75, 3.05) is 18.5 Å². The van der Waals surface area contributed by atoms with Crippen LogP contribution in [-0.2, 0) is 23.9 Å². The lowest BCUT2D eigenvalue weighted by molar-refractivity contribution is -0.145. The van der Waals surface area contributed by atoms with Gasteiger partial charge in [0.05, 0.1) is 13.2 Å². The average molecular weight is 305 g/mol. The third kappa shape index (κ3) is 5.78. The summed E-state index contributed by atoms with van der Waals surface area (Å²) in [6.07, 6.45) is 0.740. The van der Waals surface area contributed by atoms with Crippen molar-refractivity contribution >= 4 is 23.4 Å². The van der Waals surface area contributed by atoms with Crippen molar-refractivity contribution in [3.05, 3.63) is 42.1 Å². The minimum Gasteiger partial charge on any atom is -0.466 e. The highest BCUT2D eigenvalue weighted by atomic mass is 16.5. The number of hydrogen-bond donors (Lipinski definition) is 1. The molecule has 6 nitrogen and oxygen atoms in total. The van der Waals surface area contributed by atoms with Crippen molar-refractivity contribution in [1.29, 1.82) is 0 Å². The zero-order valence-corrected chi connectivity index (χ0v) is 12.6. The van der Waals surface area contributed by atoms with Crippen LogP contribution < -0.4 is 5.32 Å². The first-order valence-corrected chi connectivity index (χ1v) is 6.96. The molecule has 0 aromatic heterocycles. The second-order valence-electron chi connectivity index (χ2n) is 4.19. The summed E-state index contributed by atoms with van der Waals surface area (Å²) < 4.78 is 9.54. The summed E-state index contributed by atoms with van der Waals surface area (Å²) in [5, 5.41) is 2.83. The van der Waals surface area contributed by atoms with Gasteiger partial charge in [0.15, 0.2) is 5.78 Å². The SMILES string of the molecule is CCOC(=O)CC(=O)/C(=C\Nc1ccccc1)C(=O)OCC. The molecule has 1 aromatic carbocycles. The highest BCUT2D eigenvalue weighted by molar-refractivity contribution is 6.21. The third-order valence-corrected chi connectivity index (χ3v) is 2.56. The van der Waals surface area contributed by atoms with Crippen LogP contribution in [0, 0.1) is 0 Å². The summed E-state index contributed by atoms with van der Waals surface area (Å²) in [5.41, 5.74) is 0.479. The molecule has 0 aliphatic heterocycles. The van der Waals surface area contributed by atoms with Gasteiger partial charge in [-0.3, -0.25) is 9.59 Å². The number of hydrogen-bond acceptors (Lipinski definition) is 6. The fourth-order valence-corrected chi connectivity index (χ4v) is 1.59. The lowest BCUT2D eigenvalue weighted by Crippen LogP contribution is -2.20. The molecule has 0 atom stereocenters. The number of ketones is 1. The summed E-state index contributed by atoms with van der Waals surface area (Å²) in [6.45, 7) is 3.58. The van der Waals surface area contributed by atoms with Crippen LogP contribution in [0.25, 0.3) is 0 Å². The van der Waals surface area contributed by atoms with E-state index >= 15 is 0 Å². The Balaban J connectivity index is 2.85. The van der Waals surface area contributed by atoms with E-state index in [2.05, 4.69) is 5.32 Å². The van der Waals surface area contributed by atoms with Crippen LogP contribution in [0.15, 0.2) is 42.1 Å². The maximum Gasteiger partial charge on any atom is 0.343 e. The van der Waals surface area contributed by atoms with Crippen molar-refractivity contribution in [3.8, 4) is 0 Å². The van der Waals surface area contributed by atoms with Gasteiger partial charge in [-0.1, -0.05) is 18.2 Å². The first-order valence-electron chi connectivity index (χ1n) is 6.96. The number of benzene rings is 1. The Morgan fingerprint density at radius 2 is 1.68 bits per heavy atom. The highest BCUT2D eigenvalue weighted by Crippen LogP contribution is 2.09. The monoisotopic (exact) mass is 305 g/mol. The molecule has 0 fully saturated rings. The molecule has 1 N–H and O–H groups in total. The van der Waals surface area contributed by atoms with Gasteiger partial charge in [-0.25, -0.2) is 4.79 Å². The summed E-state index contributed by atoms with van der Waals surface area (Å²) in [7, 11) is 0. The van der Waals surface area contributed by atoms with Crippen LogP contribution in [0.2, 0.25) is 0 Å². The van der Waals surface area contributed by atoms with Crippen LogP contribution in [0.1, 0.15) is 20.3 Å². The van der Waals surface area contributed by atoms with Crippen LogP contribution in [0.5, 0.6) is 0 Å². The third-order valence-electron chi connectivity index (χ3n) is 2.56. The summed E-state index contributed by atoms with van der Waals surface area (Å²) >= 11 is 0. The molecule has 0 amide bonds. The molecular formula is C16H19NO5. The second kappa shape index (κ2) is 9.33. The Morgan fingerprint density at radius 1 is 1.05 bits per heavy atom. The predicted octanol–water partition coefficient (Wildman–Crippen LogP) is 2.07. The number of anilines is 1. The van der Waals surface area contributed by atoms with Crippen molar-refractivity contribution in [1.82, 2.24) is 0 Å². The molecular weight excluding hydrogens is 286 g/mol. The van der Waals surface area contributed by atoms with Gasteiger partial charge >= 0.3 is 11.9 Å². The number of rotatable bonds is 8. The van der Waals surface area contributed by atoms with E-state index in [4.69, 9.17) is 9.47 Å². The number of nitrogens with one attached hydrogen (secondary N) is 1. The number of esters is 2. The molecule has 0 heterocycles. The zero-order valence-electron chi connectivity index (χ0n) is 12.6. The molecule has 0 radical (unpaired) electrons. The van der Waals surface area contributed by atoms with Gasteiger partial charge in [0.25, 0.3) is 0 Å². The second-order valence-corrected chi connectivity index (χ2v) is 4.19. The molecule has 1 aromatic rings. The molecule has 1 rings (SSSR count). The molecule has 0 saturated carbocycles. The Bertz CT molecular complexity index is 551. The summed E-state index contributed by atoms with van der Waals surface area (Å²) in [4.78, 5) is 35.3. The molecule has 0 saturated heterocycles. The molecule has 118 valence electrons.